The summed E-state index contributed by atoms with van der Waals surface area (Å²) in [7, 11) is 0. The first-order valence-electron chi connectivity index (χ1n) is 11.6. The predicted octanol–water partition coefficient (Wildman–Crippen LogP) is 4.41. The number of carboxylic acid groups (broad SMARTS) is 1. The lowest BCUT2D eigenvalue weighted by Gasteiger charge is -2.20. The van der Waals surface area contributed by atoms with Crippen molar-refractivity contribution in [1.82, 2.24) is 10.6 Å². The van der Waals surface area contributed by atoms with Gasteiger partial charge in [-0.3, -0.25) is 4.79 Å². The van der Waals surface area contributed by atoms with Crippen molar-refractivity contribution in [3.8, 4) is 11.1 Å². The molecule has 0 radical (unpaired) electrons. The average molecular weight is 485 g/mol. The van der Waals surface area contributed by atoms with Gasteiger partial charge in [-0.15, -0.1) is 0 Å². The molecule has 2 aromatic rings. The number of amides is 2. The van der Waals surface area contributed by atoms with E-state index in [4.69, 9.17) is 4.74 Å². The quantitative estimate of drug-likeness (QED) is 0.412. The Hall–Kier alpha value is -3.00. The van der Waals surface area contributed by atoms with E-state index in [0.717, 1.165) is 28.7 Å². The van der Waals surface area contributed by atoms with Gasteiger partial charge in [0.15, 0.2) is 0 Å². The third-order valence-electron chi connectivity index (χ3n) is 5.98. The molecule has 2 amide bonds. The minimum absolute atomic E-state index is 0.00107. The van der Waals surface area contributed by atoms with Crippen LogP contribution < -0.4 is 10.6 Å². The molecular weight excluding hydrogens is 452 g/mol. The van der Waals surface area contributed by atoms with Crippen LogP contribution in [0.3, 0.4) is 0 Å². The van der Waals surface area contributed by atoms with Crippen LogP contribution in [-0.4, -0.2) is 53.8 Å². The van der Waals surface area contributed by atoms with Gasteiger partial charge < -0.3 is 20.5 Å². The Morgan fingerprint density at radius 1 is 1.00 bits per heavy atom. The predicted molar refractivity (Wildman–Crippen MR) is 134 cm³/mol. The third kappa shape index (κ3) is 6.53. The van der Waals surface area contributed by atoms with Gasteiger partial charge in [0.05, 0.1) is 0 Å². The summed E-state index contributed by atoms with van der Waals surface area (Å²) < 4.78 is 5.59. The first kappa shape index (κ1) is 25.6. The molecule has 182 valence electrons. The second kappa shape index (κ2) is 12.5. The summed E-state index contributed by atoms with van der Waals surface area (Å²) >= 11 is 1.52. The minimum Gasteiger partial charge on any atom is -0.480 e. The molecular formula is C26H32N2O5S. The highest BCUT2D eigenvalue weighted by Gasteiger charge is 2.29. The molecule has 0 spiro atoms. The maximum absolute atomic E-state index is 12.6. The van der Waals surface area contributed by atoms with Crippen molar-refractivity contribution in [3.63, 3.8) is 0 Å². The van der Waals surface area contributed by atoms with Gasteiger partial charge >= 0.3 is 12.1 Å². The summed E-state index contributed by atoms with van der Waals surface area (Å²) in [6, 6.07) is 14.9. The van der Waals surface area contributed by atoms with Crippen LogP contribution >= 0.6 is 11.8 Å². The highest BCUT2D eigenvalue weighted by atomic mass is 32.2. The Bertz CT molecular complexity index is 967. The number of benzene rings is 2. The molecule has 1 unspecified atom stereocenters. The van der Waals surface area contributed by atoms with Gasteiger partial charge in [-0.25, -0.2) is 9.59 Å². The number of hydrogen-bond donors (Lipinski definition) is 3. The zero-order valence-electron chi connectivity index (χ0n) is 19.6. The van der Waals surface area contributed by atoms with Crippen molar-refractivity contribution in [2.75, 3.05) is 18.6 Å². The fourth-order valence-electron chi connectivity index (χ4n) is 4.35. The van der Waals surface area contributed by atoms with Crippen LogP contribution in [0, 0.1) is 0 Å². The molecule has 0 saturated heterocycles. The molecule has 2 aromatic carbocycles. The molecule has 0 bridgehead atoms. The van der Waals surface area contributed by atoms with Crippen LogP contribution in [-0.2, 0) is 14.3 Å². The van der Waals surface area contributed by atoms with Crippen LogP contribution in [0.5, 0.6) is 0 Å². The number of thioether (sulfide) groups is 1. The van der Waals surface area contributed by atoms with E-state index < -0.39 is 30.1 Å². The third-order valence-corrected chi connectivity index (χ3v) is 6.62. The molecule has 8 heteroatoms. The van der Waals surface area contributed by atoms with Crippen LogP contribution in [0.4, 0.5) is 4.79 Å². The summed E-state index contributed by atoms with van der Waals surface area (Å²) in [6.45, 7) is 2.16. The van der Waals surface area contributed by atoms with Gasteiger partial charge in [0.2, 0.25) is 5.91 Å². The minimum atomic E-state index is -1.06. The van der Waals surface area contributed by atoms with Gasteiger partial charge in [0.25, 0.3) is 0 Å². The van der Waals surface area contributed by atoms with Gasteiger partial charge in [-0.1, -0.05) is 61.9 Å². The fraction of sp³-hybridized carbons (Fsp3) is 0.423. The Morgan fingerprint density at radius 2 is 1.62 bits per heavy atom. The van der Waals surface area contributed by atoms with E-state index in [1.165, 1.54) is 11.8 Å². The van der Waals surface area contributed by atoms with E-state index in [2.05, 4.69) is 34.9 Å². The smallest absolute Gasteiger partial charge is 0.407 e. The molecule has 0 aromatic heterocycles. The van der Waals surface area contributed by atoms with E-state index in [-0.39, 0.29) is 18.9 Å². The number of rotatable bonds is 12. The molecule has 2 atom stereocenters. The maximum Gasteiger partial charge on any atom is 0.407 e. The lowest BCUT2D eigenvalue weighted by Crippen LogP contribution is -2.45. The highest BCUT2D eigenvalue weighted by Crippen LogP contribution is 2.44. The van der Waals surface area contributed by atoms with Gasteiger partial charge in [-0.05, 0) is 47.1 Å². The number of nitrogens with one attached hydrogen (secondary N) is 2. The normalized spacial score (nSPS) is 13.9. The number of alkyl carbamates (subject to hydrolysis) is 1. The second-order valence-corrected chi connectivity index (χ2v) is 9.39. The maximum atomic E-state index is 12.6. The summed E-state index contributed by atoms with van der Waals surface area (Å²) in [6.07, 6.45) is 3.00. The van der Waals surface area contributed by atoms with Gasteiger partial charge in [0.1, 0.15) is 12.6 Å². The SMILES string of the molecule is CCCC(CC(=O)N[C@@H](CCSC)C(=O)O)NC(=O)OCC1c2ccccc2-c2ccccc21. The Labute approximate surface area is 204 Å². The van der Waals surface area contributed by atoms with Crippen molar-refractivity contribution in [3.05, 3.63) is 59.7 Å². The van der Waals surface area contributed by atoms with Crippen molar-refractivity contribution in [2.45, 2.75) is 50.6 Å². The van der Waals surface area contributed by atoms with E-state index in [1.54, 1.807) is 0 Å². The summed E-state index contributed by atoms with van der Waals surface area (Å²) in [5.41, 5.74) is 4.57. The first-order chi connectivity index (χ1) is 16.4. The summed E-state index contributed by atoms with van der Waals surface area (Å²) in [5.74, 6) is -0.864. The molecule has 0 saturated carbocycles. The monoisotopic (exact) mass is 484 g/mol. The molecule has 3 N–H and O–H groups in total. The number of carbonyl (C=O) groups excluding carboxylic acids is 2. The van der Waals surface area contributed by atoms with E-state index in [9.17, 15) is 19.5 Å². The molecule has 34 heavy (non-hydrogen) atoms. The molecule has 0 fully saturated rings. The van der Waals surface area contributed by atoms with Crippen LogP contribution in [0.15, 0.2) is 48.5 Å². The first-order valence-corrected chi connectivity index (χ1v) is 13.0. The molecule has 1 aliphatic carbocycles. The molecule has 3 rings (SSSR count). The number of carboxylic acids is 1. The second-order valence-electron chi connectivity index (χ2n) is 8.40. The van der Waals surface area contributed by atoms with Crippen molar-refractivity contribution < 1.29 is 24.2 Å². The summed E-state index contributed by atoms with van der Waals surface area (Å²) in [5, 5.41) is 14.7. The summed E-state index contributed by atoms with van der Waals surface area (Å²) in [4.78, 5) is 36.5. The van der Waals surface area contributed by atoms with Crippen LogP contribution in [0.25, 0.3) is 11.1 Å². The number of carbonyl (C=O) groups is 3. The molecule has 0 aliphatic heterocycles. The zero-order chi connectivity index (χ0) is 24.5. The Morgan fingerprint density at radius 3 is 2.18 bits per heavy atom. The Balaban J connectivity index is 1.57. The largest absolute Gasteiger partial charge is 0.480 e. The van der Waals surface area contributed by atoms with Crippen molar-refractivity contribution in [1.29, 1.82) is 0 Å². The van der Waals surface area contributed by atoms with Gasteiger partial charge in [-0.2, -0.15) is 11.8 Å². The van der Waals surface area contributed by atoms with Crippen molar-refractivity contribution in [2.24, 2.45) is 0 Å². The molecule has 0 heterocycles. The highest BCUT2D eigenvalue weighted by molar-refractivity contribution is 7.98. The van der Waals surface area contributed by atoms with E-state index in [0.29, 0.717) is 18.6 Å². The molecule has 7 nitrogen and oxygen atoms in total. The number of ether oxygens (including phenoxy) is 1. The zero-order valence-corrected chi connectivity index (χ0v) is 20.4. The van der Waals surface area contributed by atoms with Crippen LogP contribution in [0.2, 0.25) is 0 Å². The lowest BCUT2D eigenvalue weighted by atomic mass is 9.98. The lowest BCUT2D eigenvalue weighted by molar-refractivity contribution is -0.141. The Kier molecular flexibility index (Phi) is 9.39. The fourth-order valence-corrected chi connectivity index (χ4v) is 4.82. The topological polar surface area (TPSA) is 105 Å². The number of aliphatic carboxylic acids is 1. The number of fused-ring (bicyclic) bond motifs is 3. The molecule has 1 aliphatic rings. The van der Waals surface area contributed by atoms with Gasteiger partial charge in [0, 0.05) is 18.4 Å². The van der Waals surface area contributed by atoms with E-state index >= 15 is 0 Å². The average Bonchev–Trinajstić information content (AvgIpc) is 3.14. The number of hydrogen-bond acceptors (Lipinski definition) is 5. The standard InChI is InChI=1S/C26H32N2O5S/c1-3-8-17(15-24(29)28-23(25(30)31)13-14-34-2)27-26(32)33-16-22-20-11-6-4-9-18(20)19-10-5-7-12-21(19)22/h4-7,9-12,17,22-23H,3,8,13-16H2,1-2H3,(H,27,32)(H,28,29)(H,30,31)/t17?,23-/m0/s1. The van der Waals surface area contributed by atoms with Crippen LogP contribution in [0.1, 0.15) is 49.7 Å². The van der Waals surface area contributed by atoms with E-state index in [1.807, 2.05) is 37.4 Å². The van der Waals surface area contributed by atoms with Crippen molar-refractivity contribution >= 4 is 29.7 Å².